The summed E-state index contributed by atoms with van der Waals surface area (Å²) in [6, 6.07) is 7.48. The van der Waals surface area contributed by atoms with E-state index < -0.39 is 0 Å². The van der Waals surface area contributed by atoms with E-state index in [1.807, 2.05) is 29.6 Å². The number of fused-ring (bicyclic) bond motifs is 1. The molecule has 8 nitrogen and oxygen atoms in total. The first kappa shape index (κ1) is 19.0. The van der Waals surface area contributed by atoms with E-state index in [0.29, 0.717) is 29.3 Å². The number of amides is 1. The van der Waals surface area contributed by atoms with E-state index in [0.717, 1.165) is 10.4 Å². The van der Waals surface area contributed by atoms with Crippen molar-refractivity contribution in [1.29, 1.82) is 0 Å². The molecule has 0 aliphatic carbocycles. The lowest BCUT2D eigenvalue weighted by molar-refractivity contribution is -0.121. The summed E-state index contributed by atoms with van der Waals surface area (Å²) in [6.07, 6.45) is 3.90. The molecule has 9 heteroatoms. The molecule has 0 saturated heterocycles. The summed E-state index contributed by atoms with van der Waals surface area (Å²) in [7, 11) is 0. The first-order valence-corrected chi connectivity index (χ1v) is 10.1. The van der Waals surface area contributed by atoms with Gasteiger partial charge in [0.1, 0.15) is 5.82 Å². The Balaban J connectivity index is 1.52. The number of nitrogens with one attached hydrogen (secondary N) is 2. The van der Waals surface area contributed by atoms with Gasteiger partial charge in [-0.25, -0.2) is 4.98 Å². The van der Waals surface area contributed by atoms with Gasteiger partial charge in [0.15, 0.2) is 0 Å². The van der Waals surface area contributed by atoms with Crippen LogP contribution in [0.2, 0.25) is 0 Å². The Kier molecular flexibility index (Phi) is 5.22. The van der Waals surface area contributed by atoms with Crippen LogP contribution in [0.1, 0.15) is 40.0 Å². The average molecular weight is 408 g/mol. The fourth-order valence-corrected chi connectivity index (χ4v) is 4.05. The Bertz CT molecular complexity index is 1200. The zero-order chi connectivity index (χ0) is 20.4. The fraction of sp³-hybridized carbons (Fsp3) is 0.250. The van der Waals surface area contributed by atoms with Crippen molar-refractivity contribution in [2.24, 2.45) is 0 Å². The second-order valence-electron chi connectivity index (χ2n) is 6.72. The summed E-state index contributed by atoms with van der Waals surface area (Å²) < 4.78 is 1.32. The second-order valence-corrected chi connectivity index (χ2v) is 7.70. The van der Waals surface area contributed by atoms with Crippen molar-refractivity contribution >= 4 is 23.0 Å². The number of pyridine rings is 1. The summed E-state index contributed by atoms with van der Waals surface area (Å²) >= 11 is 1.58. The van der Waals surface area contributed by atoms with Gasteiger partial charge in [0, 0.05) is 29.3 Å². The smallest absolute Gasteiger partial charge is 0.277 e. The normalized spacial score (nSPS) is 12.2. The molecule has 1 atom stereocenters. The molecule has 148 valence electrons. The Hall–Kier alpha value is -3.33. The first-order valence-electron chi connectivity index (χ1n) is 9.20. The number of aromatic amines is 1. The monoisotopic (exact) mass is 408 g/mol. The van der Waals surface area contributed by atoms with Crippen molar-refractivity contribution in [3.05, 3.63) is 79.9 Å². The maximum absolute atomic E-state index is 12.7. The third-order valence-electron chi connectivity index (χ3n) is 4.68. The number of aromatic nitrogens is 5. The molecule has 0 fully saturated rings. The Morgan fingerprint density at radius 3 is 2.76 bits per heavy atom. The highest BCUT2D eigenvalue weighted by atomic mass is 32.1. The molecule has 4 aromatic heterocycles. The van der Waals surface area contributed by atoms with Gasteiger partial charge in [0.25, 0.3) is 11.3 Å². The van der Waals surface area contributed by atoms with Crippen LogP contribution in [0.5, 0.6) is 0 Å². The summed E-state index contributed by atoms with van der Waals surface area (Å²) in [5, 5.41) is 7.94. The van der Waals surface area contributed by atoms with E-state index in [1.165, 1.54) is 4.52 Å². The van der Waals surface area contributed by atoms with Gasteiger partial charge < -0.3 is 5.32 Å². The van der Waals surface area contributed by atoms with Crippen LogP contribution in [0.3, 0.4) is 0 Å². The third kappa shape index (κ3) is 3.95. The topological polar surface area (TPSA) is 105 Å². The van der Waals surface area contributed by atoms with Crippen LogP contribution >= 0.6 is 11.3 Å². The average Bonchev–Trinajstić information content (AvgIpc) is 3.36. The highest BCUT2D eigenvalue weighted by molar-refractivity contribution is 7.10. The first-order chi connectivity index (χ1) is 14.0. The second kappa shape index (κ2) is 7.96. The summed E-state index contributed by atoms with van der Waals surface area (Å²) in [5.41, 5.74) is 1.85. The van der Waals surface area contributed by atoms with Crippen molar-refractivity contribution in [2.75, 3.05) is 0 Å². The van der Waals surface area contributed by atoms with E-state index in [9.17, 15) is 9.59 Å². The molecule has 0 unspecified atom stereocenters. The van der Waals surface area contributed by atoms with E-state index in [-0.39, 0.29) is 23.9 Å². The molecule has 0 saturated carbocycles. The molecular formula is C20H20N6O2S. The fourth-order valence-electron chi connectivity index (χ4n) is 3.25. The van der Waals surface area contributed by atoms with Crippen molar-refractivity contribution in [1.82, 2.24) is 29.9 Å². The predicted octanol–water partition coefficient (Wildman–Crippen LogP) is 2.33. The molecule has 0 aliphatic rings. The quantitative estimate of drug-likeness (QED) is 0.509. The van der Waals surface area contributed by atoms with E-state index in [4.69, 9.17) is 0 Å². The molecule has 29 heavy (non-hydrogen) atoms. The number of carbonyl (C=O) groups excluding carboxylic acids is 1. The molecule has 4 aromatic rings. The molecule has 1 amide bonds. The van der Waals surface area contributed by atoms with E-state index in [2.05, 4.69) is 25.4 Å². The molecule has 2 N–H and O–H groups in total. The summed E-state index contributed by atoms with van der Waals surface area (Å²) in [5.74, 6) is 0.818. The number of rotatable bonds is 6. The molecule has 0 bridgehead atoms. The minimum atomic E-state index is -0.247. The largest absolute Gasteiger partial charge is 0.344 e. The highest BCUT2D eigenvalue weighted by Gasteiger charge is 2.19. The lowest BCUT2D eigenvalue weighted by Crippen LogP contribution is -2.30. The van der Waals surface area contributed by atoms with Gasteiger partial charge in [0.2, 0.25) is 5.91 Å². The zero-order valence-electron chi connectivity index (χ0n) is 16.0. The van der Waals surface area contributed by atoms with Crippen LogP contribution in [0.25, 0.3) is 5.78 Å². The standard InChI is InChI=1S/C20H20N6O2S/c1-12-15(19(28)26-20(22-12)23-13(2)25-26)5-6-17(27)24-18(16-4-3-11-29-16)14-7-9-21-10-8-14/h3-4,7-11,18H,5-6H2,1-2H3,(H,24,27)(H,22,23,25)/t18-/m0/s1. The number of carbonyl (C=O) groups is 1. The minimum Gasteiger partial charge on any atom is -0.344 e. The molecule has 0 spiro atoms. The number of hydrogen-bond acceptors (Lipinski definition) is 6. The van der Waals surface area contributed by atoms with E-state index >= 15 is 0 Å². The van der Waals surface area contributed by atoms with Gasteiger partial charge in [-0.2, -0.15) is 9.50 Å². The van der Waals surface area contributed by atoms with Crippen molar-refractivity contribution in [3.8, 4) is 0 Å². The lowest BCUT2D eigenvalue weighted by atomic mass is 10.1. The van der Waals surface area contributed by atoms with Crippen LogP contribution < -0.4 is 10.9 Å². The lowest BCUT2D eigenvalue weighted by Gasteiger charge is -2.18. The summed E-state index contributed by atoms with van der Waals surface area (Å²) in [4.78, 5) is 39.1. The number of hydrogen-bond donors (Lipinski definition) is 2. The van der Waals surface area contributed by atoms with Gasteiger partial charge in [-0.15, -0.1) is 11.3 Å². The summed E-state index contributed by atoms with van der Waals surface area (Å²) in [6.45, 7) is 3.53. The van der Waals surface area contributed by atoms with Crippen LogP contribution in [0, 0.1) is 13.8 Å². The predicted molar refractivity (Wildman–Crippen MR) is 110 cm³/mol. The van der Waals surface area contributed by atoms with E-state index in [1.54, 1.807) is 37.6 Å². The molecule has 4 heterocycles. The molecular weight excluding hydrogens is 388 g/mol. The van der Waals surface area contributed by atoms with Gasteiger partial charge in [0.05, 0.1) is 11.7 Å². The number of H-pyrrole nitrogens is 1. The maximum atomic E-state index is 12.7. The van der Waals surface area contributed by atoms with Crippen LogP contribution in [-0.2, 0) is 11.2 Å². The maximum Gasteiger partial charge on any atom is 0.277 e. The van der Waals surface area contributed by atoms with Crippen LogP contribution in [0.4, 0.5) is 0 Å². The molecule has 0 aliphatic heterocycles. The van der Waals surface area contributed by atoms with Crippen molar-refractivity contribution in [3.63, 3.8) is 0 Å². The van der Waals surface area contributed by atoms with Crippen LogP contribution in [-0.4, -0.2) is 30.5 Å². The highest BCUT2D eigenvalue weighted by Crippen LogP contribution is 2.25. The molecule has 0 radical (unpaired) electrons. The molecule has 4 rings (SSSR count). The Labute approximate surface area is 170 Å². The van der Waals surface area contributed by atoms with Gasteiger partial charge in [-0.1, -0.05) is 6.07 Å². The Morgan fingerprint density at radius 1 is 1.24 bits per heavy atom. The van der Waals surface area contributed by atoms with Gasteiger partial charge in [-0.05, 0) is 49.4 Å². The number of thiophene rings is 1. The number of aryl methyl sites for hydroxylation is 2. The van der Waals surface area contributed by atoms with Gasteiger partial charge in [-0.3, -0.25) is 19.7 Å². The zero-order valence-corrected chi connectivity index (χ0v) is 16.9. The van der Waals surface area contributed by atoms with Gasteiger partial charge >= 0.3 is 0 Å². The third-order valence-corrected chi connectivity index (χ3v) is 5.62. The molecule has 0 aromatic carbocycles. The van der Waals surface area contributed by atoms with Crippen LogP contribution in [0.15, 0.2) is 46.8 Å². The van der Waals surface area contributed by atoms with Crippen molar-refractivity contribution in [2.45, 2.75) is 32.7 Å². The van der Waals surface area contributed by atoms with Crippen molar-refractivity contribution < 1.29 is 4.79 Å². The SMILES string of the molecule is Cc1nc2nc(C)c(CCC(=O)N[C@@H](c3ccncc3)c3cccs3)c(=O)n2[nH]1. The minimum absolute atomic E-state index is 0.134. The number of nitrogens with zero attached hydrogens (tertiary/aromatic N) is 4. The Morgan fingerprint density at radius 2 is 2.03 bits per heavy atom.